The van der Waals surface area contributed by atoms with E-state index in [1.54, 1.807) is 23.1 Å². The molecule has 1 amide bonds. The van der Waals surface area contributed by atoms with Gasteiger partial charge in [-0.2, -0.15) is 4.31 Å². The Hall–Kier alpha value is -1.48. The molecule has 3 rings (SSSR count). The van der Waals surface area contributed by atoms with Crippen molar-refractivity contribution in [3.8, 4) is 0 Å². The Labute approximate surface area is 142 Å². The van der Waals surface area contributed by atoms with Gasteiger partial charge in [-0.3, -0.25) is 4.79 Å². The van der Waals surface area contributed by atoms with Crippen LogP contribution in [0, 0.1) is 0 Å². The van der Waals surface area contributed by atoms with Crippen LogP contribution in [0.5, 0.6) is 0 Å². The Kier molecular flexibility index (Phi) is 5.19. The summed E-state index contributed by atoms with van der Waals surface area (Å²) in [6.07, 6.45) is 0. The van der Waals surface area contributed by atoms with Crippen molar-refractivity contribution in [2.45, 2.75) is 17.9 Å². The minimum atomic E-state index is -3.59. The van der Waals surface area contributed by atoms with Gasteiger partial charge in [0.05, 0.1) is 18.1 Å². The molecule has 0 radical (unpaired) electrons. The van der Waals surface area contributed by atoms with Crippen LogP contribution in [-0.4, -0.2) is 75.5 Å². The van der Waals surface area contributed by atoms with Crippen LogP contribution >= 0.6 is 0 Å². The van der Waals surface area contributed by atoms with Gasteiger partial charge in [0.1, 0.15) is 0 Å². The number of hydrogen-bond acceptors (Lipinski definition) is 5. The van der Waals surface area contributed by atoms with E-state index in [0.29, 0.717) is 45.0 Å². The normalized spacial score (nSPS) is 23.2. The molecule has 2 saturated heterocycles. The third-order valence-corrected chi connectivity index (χ3v) is 6.24. The van der Waals surface area contributed by atoms with Gasteiger partial charge in [-0.15, -0.1) is 0 Å². The van der Waals surface area contributed by atoms with E-state index >= 15 is 0 Å². The summed E-state index contributed by atoms with van der Waals surface area (Å²) in [7, 11) is -3.59. The maximum Gasteiger partial charge on any atom is 0.253 e. The SMILES string of the molecule is C[C@@H]1CN(C(=O)c2cccc(S(=O)(=O)N3CCOCC3)c2)CCN1. The van der Waals surface area contributed by atoms with Crippen LogP contribution in [0.2, 0.25) is 0 Å². The van der Waals surface area contributed by atoms with Crippen LogP contribution in [0.15, 0.2) is 29.2 Å². The highest BCUT2D eigenvalue weighted by Crippen LogP contribution is 2.19. The van der Waals surface area contributed by atoms with Crippen LogP contribution in [0.4, 0.5) is 0 Å². The topological polar surface area (TPSA) is 79.0 Å². The number of benzene rings is 1. The van der Waals surface area contributed by atoms with Gasteiger partial charge in [0.25, 0.3) is 5.91 Å². The summed E-state index contributed by atoms with van der Waals surface area (Å²) in [6, 6.07) is 6.57. The number of morpholine rings is 1. The highest BCUT2D eigenvalue weighted by molar-refractivity contribution is 7.89. The summed E-state index contributed by atoms with van der Waals surface area (Å²) in [4.78, 5) is 14.6. The fourth-order valence-electron chi connectivity index (χ4n) is 3.02. The van der Waals surface area contributed by atoms with Crippen molar-refractivity contribution in [2.24, 2.45) is 0 Å². The molecule has 0 unspecified atom stereocenters. The zero-order valence-corrected chi connectivity index (χ0v) is 14.6. The molecule has 0 bridgehead atoms. The Balaban J connectivity index is 1.82. The Morgan fingerprint density at radius 2 is 2.00 bits per heavy atom. The van der Waals surface area contributed by atoms with E-state index in [2.05, 4.69) is 5.32 Å². The monoisotopic (exact) mass is 353 g/mol. The number of hydrogen-bond donors (Lipinski definition) is 1. The fraction of sp³-hybridized carbons (Fsp3) is 0.562. The summed E-state index contributed by atoms with van der Waals surface area (Å²) < 4.78 is 32.1. The molecule has 132 valence electrons. The van der Waals surface area contributed by atoms with E-state index < -0.39 is 10.0 Å². The van der Waals surface area contributed by atoms with Crippen LogP contribution in [0.25, 0.3) is 0 Å². The van der Waals surface area contributed by atoms with Crippen molar-refractivity contribution in [3.05, 3.63) is 29.8 Å². The molecule has 2 fully saturated rings. The van der Waals surface area contributed by atoms with Crippen molar-refractivity contribution in [1.82, 2.24) is 14.5 Å². The molecule has 1 aromatic carbocycles. The van der Waals surface area contributed by atoms with Gasteiger partial charge in [0.2, 0.25) is 10.0 Å². The second kappa shape index (κ2) is 7.18. The summed E-state index contributed by atoms with van der Waals surface area (Å²) in [5.74, 6) is -0.123. The van der Waals surface area contributed by atoms with E-state index in [-0.39, 0.29) is 16.8 Å². The first-order valence-corrected chi connectivity index (χ1v) is 9.63. The number of sulfonamides is 1. The van der Waals surface area contributed by atoms with Crippen molar-refractivity contribution in [1.29, 1.82) is 0 Å². The second-order valence-electron chi connectivity index (χ2n) is 6.15. The molecule has 1 aromatic rings. The Morgan fingerprint density at radius 3 is 2.71 bits per heavy atom. The number of piperazine rings is 1. The van der Waals surface area contributed by atoms with Crippen molar-refractivity contribution < 1.29 is 17.9 Å². The van der Waals surface area contributed by atoms with E-state index in [9.17, 15) is 13.2 Å². The van der Waals surface area contributed by atoms with E-state index in [4.69, 9.17) is 4.74 Å². The molecule has 0 saturated carbocycles. The first kappa shape index (κ1) is 17.3. The maximum absolute atomic E-state index is 12.7. The predicted molar refractivity (Wildman–Crippen MR) is 89.4 cm³/mol. The van der Waals surface area contributed by atoms with Gasteiger partial charge in [-0.1, -0.05) is 6.07 Å². The third kappa shape index (κ3) is 3.61. The molecule has 1 atom stereocenters. The predicted octanol–water partition coefficient (Wildman–Crippen LogP) is 0.141. The summed E-state index contributed by atoms with van der Waals surface area (Å²) in [5.41, 5.74) is 0.415. The number of carbonyl (C=O) groups excluding carboxylic acids is 1. The van der Waals surface area contributed by atoms with Crippen LogP contribution in [0.3, 0.4) is 0 Å². The van der Waals surface area contributed by atoms with E-state index in [1.807, 2.05) is 6.92 Å². The number of amides is 1. The molecule has 8 heteroatoms. The smallest absolute Gasteiger partial charge is 0.253 e. The zero-order chi connectivity index (χ0) is 17.2. The molecular weight excluding hydrogens is 330 g/mol. The quantitative estimate of drug-likeness (QED) is 0.836. The lowest BCUT2D eigenvalue weighted by atomic mass is 10.1. The number of nitrogens with one attached hydrogen (secondary N) is 1. The molecule has 2 heterocycles. The number of rotatable bonds is 3. The van der Waals surface area contributed by atoms with Crippen LogP contribution in [0.1, 0.15) is 17.3 Å². The lowest BCUT2D eigenvalue weighted by Crippen LogP contribution is -2.51. The summed E-state index contributed by atoms with van der Waals surface area (Å²) in [5, 5.41) is 3.29. The largest absolute Gasteiger partial charge is 0.379 e. The lowest BCUT2D eigenvalue weighted by molar-refractivity contribution is 0.0708. The average Bonchev–Trinajstić information content (AvgIpc) is 2.62. The highest BCUT2D eigenvalue weighted by atomic mass is 32.2. The molecule has 24 heavy (non-hydrogen) atoms. The molecule has 0 spiro atoms. The van der Waals surface area contributed by atoms with Gasteiger partial charge < -0.3 is 15.0 Å². The Morgan fingerprint density at radius 1 is 1.25 bits per heavy atom. The summed E-state index contributed by atoms with van der Waals surface area (Å²) in [6.45, 7) is 5.51. The Bertz CT molecular complexity index is 701. The van der Waals surface area contributed by atoms with Crippen LogP contribution in [-0.2, 0) is 14.8 Å². The van der Waals surface area contributed by atoms with E-state index in [1.165, 1.54) is 10.4 Å². The molecule has 2 aliphatic rings. The number of ether oxygens (including phenoxy) is 1. The zero-order valence-electron chi connectivity index (χ0n) is 13.8. The number of nitrogens with zero attached hydrogens (tertiary/aromatic N) is 2. The van der Waals surface area contributed by atoms with Gasteiger partial charge in [-0.25, -0.2) is 8.42 Å². The molecule has 0 aliphatic carbocycles. The molecule has 2 aliphatic heterocycles. The second-order valence-corrected chi connectivity index (χ2v) is 8.09. The first-order chi connectivity index (χ1) is 11.5. The third-order valence-electron chi connectivity index (χ3n) is 4.34. The first-order valence-electron chi connectivity index (χ1n) is 8.19. The van der Waals surface area contributed by atoms with E-state index in [0.717, 1.165) is 6.54 Å². The minimum Gasteiger partial charge on any atom is -0.379 e. The highest BCUT2D eigenvalue weighted by Gasteiger charge is 2.28. The maximum atomic E-state index is 12.7. The van der Waals surface area contributed by atoms with Crippen LogP contribution < -0.4 is 5.32 Å². The van der Waals surface area contributed by atoms with Crippen molar-refractivity contribution >= 4 is 15.9 Å². The lowest BCUT2D eigenvalue weighted by Gasteiger charge is -2.32. The molecule has 0 aromatic heterocycles. The van der Waals surface area contributed by atoms with Crippen molar-refractivity contribution in [3.63, 3.8) is 0 Å². The van der Waals surface area contributed by atoms with Gasteiger partial charge in [0.15, 0.2) is 0 Å². The fourth-order valence-corrected chi connectivity index (χ4v) is 4.48. The molecule has 1 N–H and O–H groups in total. The number of carbonyl (C=O) groups is 1. The summed E-state index contributed by atoms with van der Waals surface area (Å²) >= 11 is 0. The molecular formula is C16H23N3O4S. The van der Waals surface area contributed by atoms with Gasteiger partial charge in [-0.05, 0) is 25.1 Å². The standard InChI is InChI=1S/C16H23N3O4S/c1-13-12-18(6-5-17-13)16(20)14-3-2-4-15(11-14)24(21,22)19-7-9-23-10-8-19/h2-4,11,13,17H,5-10,12H2,1H3/t13-/m1/s1. The van der Waals surface area contributed by atoms with Gasteiger partial charge in [0, 0.05) is 44.3 Å². The van der Waals surface area contributed by atoms with Crippen molar-refractivity contribution in [2.75, 3.05) is 45.9 Å². The molecule has 7 nitrogen and oxygen atoms in total. The minimum absolute atomic E-state index is 0.123. The average molecular weight is 353 g/mol. The van der Waals surface area contributed by atoms with Gasteiger partial charge >= 0.3 is 0 Å².